The van der Waals surface area contributed by atoms with Crippen LogP contribution in [0.25, 0.3) is 0 Å². The Morgan fingerprint density at radius 3 is 2.30 bits per heavy atom. The third-order valence-electron chi connectivity index (χ3n) is 4.34. The van der Waals surface area contributed by atoms with Crippen molar-refractivity contribution in [2.45, 2.75) is 26.9 Å². The number of aromatic nitrogens is 4. The lowest BCUT2D eigenvalue weighted by Crippen LogP contribution is -2.32. The van der Waals surface area contributed by atoms with E-state index in [-0.39, 0.29) is 17.5 Å². The molecule has 3 aromatic rings. The molecule has 0 aliphatic carbocycles. The van der Waals surface area contributed by atoms with E-state index in [1.807, 2.05) is 27.0 Å². The molecule has 0 N–H and O–H groups in total. The van der Waals surface area contributed by atoms with Crippen LogP contribution in [0.5, 0.6) is 0 Å². The Morgan fingerprint density at radius 2 is 1.74 bits per heavy atom. The van der Waals surface area contributed by atoms with Gasteiger partial charge in [-0.25, -0.2) is 4.39 Å². The summed E-state index contributed by atoms with van der Waals surface area (Å²) < 4.78 is 16.7. The third-order valence-corrected chi connectivity index (χ3v) is 4.69. The highest BCUT2D eigenvalue weighted by Gasteiger charge is 2.22. The molecule has 2 heterocycles. The highest BCUT2D eigenvalue weighted by molar-refractivity contribution is 6.31. The Balaban J connectivity index is 1.96. The monoisotopic (exact) mass is 389 g/mol. The van der Waals surface area contributed by atoms with E-state index < -0.39 is 5.82 Å². The highest BCUT2D eigenvalue weighted by atomic mass is 35.5. The number of aryl methyl sites for hydroxylation is 4. The number of halogens is 2. The Labute approximate surface area is 162 Å². The zero-order valence-electron chi connectivity index (χ0n) is 15.7. The van der Waals surface area contributed by atoms with Gasteiger partial charge in [0.05, 0.1) is 23.6 Å². The van der Waals surface area contributed by atoms with Crippen molar-refractivity contribution in [3.8, 4) is 0 Å². The number of hydrogen-bond donors (Lipinski definition) is 0. The molecule has 142 valence electrons. The second-order valence-electron chi connectivity index (χ2n) is 6.59. The van der Waals surface area contributed by atoms with Crippen molar-refractivity contribution in [2.75, 3.05) is 0 Å². The van der Waals surface area contributed by atoms with Gasteiger partial charge in [0.1, 0.15) is 11.5 Å². The summed E-state index contributed by atoms with van der Waals surface area (Å²) in [7, 11) is 3.57. The van der Waals surface area contributed by atoms with Crippen LogP contribution < -0.4 is 0 Å². The maximum Gasteiger partial charge on any atom is 0.272 e. The summed E-state index contributed by atoms with van der Waals surface area (Å²) in [5, 5.41) is 8.88. The SMILES string of the molecule is Cc1cc(CN(Cc2ccc(F)cc2Cl)C(=O)c2cc(C)nn2C)n(C)n1. The topological polar surface area (TPSA) is 56.0 Å². The van der Waals surface area contributed by atoms with Crippen LogP contribution >= 0.6 is 11.6 Å². The summed E-state index contributed by atoms with van der Waals surface area (Å²) >= 11 is 6.18. The Bertz CT molecular complexity index is 994. The Kier molecular flexibility index (Phi) is 5.32. The van der Waals surface area contributed by atoms with Crippen LogP contribution in [0.3, 0.4) is 0 Å². The van der Waals surface area contributed by atoms with Crippen LogP contribution in [0.15, 0.2) is 30.3 Å². The standard InChI is InChI=1S/C19H21ClFN5O/c1-12-7-16(24(3)22-12)11-26(10-14-5-6-15(21)9-17(14)20)19(27)18-8-13(2)23-25(18)4/h5-9H,10-11H2,1-4H3. The molecule has 1 aromatic carbocycles. The number of amides is 1. The van der Waals surface area contributed by atoms with E-state index in [0.717, 1.165) is 17.1 Å². The zero-order chi connectivity index (χ0) is 19.7. The number of nitrogens with zero attached hydrogens (tertiary/aromatic N) is 5. The molecule has 0 aliphatic rings. The summed E-state index contributed by atoms with van der Waals surface area (Å²) in [5.41, 5.74) is 3.67. The smallest absolute Gasteiger partial charge is 0.272 e. The van der Waals surface area contributed by atoms with Crippen molar-refractivity contribution < 1.29 is 9.18 Å². The van der Waals surface area contributed by atoms with Crippen LogP contribution in [0.1, 0.15) is 33.1 Å². The fourth-order valence-corrected chi connectivity index (χ4v) is 3.26. The molecule has 0 fully saturated rings. The Hall–Kier alpha value is -2.67. The van der Waals surface area contributed by atoms with Gasteiger partial charge in [-0.3, -0.25) is 14.2 Å². The normalized spacial score (nSPS) is 11.0. The number of carbonyl (C=O) groups is 1. The molecule has 0 spiro atoms. The molecular formula is C19H21ClFN5O. The molecule has 0 unspecified atom stereocenters. The van der Waals surface area contributed by atoms with Gasteiger partial charge in [-0.2, -0.15) is 10.2 Å². The van der Waals surface area contributed by atoms with E-state index in [1.165, 1.54) is 12.1 Å². The lowest BCUT2D eigenvalue weighted by molar-refractivity contribution is 0.0715. The van der Waals surface area contributed by atoms with Gasteiger partial charge >= 0.3 is 0 Å². The van der Waals surface area contributed by atoms with Gasteiger partial charge in [-0.15, -0.1) is 0 Å². The summed E-state index contributed by atoms with van der Waals surface area (Å²) in [4.78, 5) is 14.9. The second-order valence-corrected chi connectivity index (χ2v) is 7.00. The molecule has 0 atom stereocenters. The van der Waals surface area contributed by atoms with Crippen molar-refractivity contribution >= 4 is 17.5 Å². The fourth-order valence-electron chi connectivity index (χ4n) is 3.04. The van der Waals surface area contributed by atoms with E-state index in [2.05, 4.69) is 10.2 Å². The van der Waals surface area contributed by atoms with E-state index >= 15 is 0 Å². The number of benzene rings is 1. The molecule has 0 radical (unpaired) electrons. The third kappa shape index (κ3) is 4.19. The molecule has 0 saturated heterocycles. The first kappa shape index (κ1) is 19.1. The summed E-state index contributed by atoms with van der Waals surface area (Å²) in [5.74, 6) is -0.594. The number of rotatable bonds is 5. The van der Waals surface area contributed by atoms with E-state index in [1.54, 1.807) is 33.4 Å². The van der Waals surface area contributed by atoms with Gasteiger partial charge in [0.25, 0.3) is 5.91 Å². The van der Waals surface area contributed by atoms with E-state index in [9.17, 15) is 9.18 Å². The number of carbonyl (C=O) groups excluding carboxylic acids is 1. The Morgan fingerprint density at radius 1 is 1.07 bits per heavy atom. The molecule has 1 amide bonds. The average molecular weight is 390 g/mol. The maximum absolute atomic E-state index is 13.4. The average Bonchev–Trinajstić information content (AvgIpc) is 3.08. The van der Waals surface area contributed by atoms with E-state index in [0.29, 0.717) is 17.8 Å². The minimum atomic E-state index is -0.411. The first-order valence-corrected chi connectivity index (χ1v) is 8.85. The van der Waals surface area contributed by atoms with Crippen molar-refractivity contribution in [2.24, 2.45) is 14.1 Å². The molecular weight excluding hydrogens is 369 g/mol. The predicted molar refractivity (Wildman–Crippen MR) is 101 cm³/mol. The summed E-state index contributed by atoms with van der Waals surface area (Å²) in [6.45, 7) is 4.32. The van der Waals surface area contributed by atoms with Crippen molar-refractivity contribution in [1.29, 1.82) is 0 Å². The quantitative estimate of drug-likeness (QED) is 0.672. The summed E-state index contributed by atoms with van der Waals surface area (Å²) in [6.07, 6.45) is 0. The first-order chi connectivity index (χ1) is 12.7. The van der Waals surface area contributed by atoms with Crippen LogP contribution in [0, 0.1) is 19.7 Å². The van der Waals surface area contributed by atoms with E-state index in [4.69, 9.17) is 11.6 Å². The predicted octanol–water partition coefficient (Wildman–Crippen LogP) is 3.41. The largest absolute Gasteiger partial charge is 0.327 e. The van der Waals surface area contributed by atoms with Crippen LogP contribution in [-0.4, -0.2) is 30.4 Å². The molecule has 0 aliphatic heterocycles. The molecule has 8 heteroatoms. The molecule has 3 rings (SSSR count). The van der Waals surface area contributed by atoms with Crippen molar-refractivity contribution in [1.82, 2.24) is 24.5 Å². The van der Waals surface area contributed by atoms with Crippen LogP contribution in [0.2, 0.25) is 5.02 Å². The molecule has 6 nitrogen and oxygen atoms in total. The van der Waals surface area contributed by atoms with Gasteiger partial charge in [-0.1, -0.05) is 17.7 Å². The van der Waals surface area contributed by atoms with Gasteiger partial charge in [-0.05, 0) is 43.7 Å². The minimum absolute atomic E-state index is 0.183. The highest BCUT2D eigenvalue weighted by Crippen LogP contribution is 2.22. The molecule has 0 saturated carbocycles. The lowest BCUT2D eigenvalue weighted by atomic mass is 10.2. The van der Waals surface area contributed by atoms with Crippen LogP contribution in [0.4, 0.5) is 4.39 Å². The summed E-state index contributed by atoms with van der Waals surface area (Å²) in [6, 6.07) is 7.87. The van der Waals surface area contributed by atoms with Gasteiger partial charge in [0, 0.05) is 25.7 Å². The molecule has 2 aromatic heterocycles. The number of hydrogen-bond acceptors (Lipinski definition) is 3. The van der Waals surface area contributed by atoms with Crippen LogP contribution in [-0.2, 0) is 27.2 Å². The maximum atomic E-state index is 13.4. The van der Waals surface area contributed by atoms with Crippen molar-refractivity contribution in [3.63, 3.8) is 0 Å². The molecule has 0 bridgehead atoms. The first-order valence-electron chi connectivity index (χ1n) is 8.48. The van der Waals surface area contributed by atoms with Crippen molar-refractivity contribution in [3.05, 3.63) is 69.5 Å². The van der Waals surface area contributed by atoms with Gasteiger partial charge in [0.2, 0.25) is 0 Å². The zero-order valence-corrected chi connectivity index (χ0v) is 16.5. The fraction of sp³-hybridized carbons (Fsp3) is 0.316. The minimum Gasteiger partial charge on any atom is -0.327 e. The van der Waals surface area contributed by atoms with Gasteiger partial charge in [0.15, 0.2) is 0 Å². The molecule has 27 heavy (non-hydrogen) atoms. The second kappa shape index (κ2) is 7.52. The van der Waals surface area contributed by atoms with Gasteiger partial charge < -0.3 is 4.90 Å². The lowest BCUT2D eigenvalue weighted by Gasteiger charge is -2.23.